The van der Waals surface area contributed by atoms with Crippen molar-refractivity contribution in [2.75, 3.05) is 26.0 Å². The fraction of sp³-hybridized carbons (Fsp3) is 0.350. The lowest BCUT2D eigenvalue weighted by atomic mass is 10.1. The van der Waals surface area contributed by atoms with Gasteiger partial charge in [0.1, 0.15) is 0 Å². The Bertz CT molecular complexity index is 1030. The molecular weight excluding hydrogens is 386 g/mol. The van der Waals surface area contributed by atoms with Crippen LogP contribution in [0.15, 0.2) is 41.3 Å². The van der Waals surface area contributed by atoms with Crippen LogP contribution < -0.4 is 4.74 Å². The highest BCUT2D eigenvalue weighted by molar-refractivity contribution is 7.90. The fourth-order valence-corrected chi connectivity index (χ4v) is 4.55. The number of piperidine rings is 1. The highest BCUT2D eigenvalue weighted by Crippen LogP contribution is 2.51. The van der Waals surface area contributed by atoms with Crippen LogP contribution in [0, 0.1) is 40.8 Å². The second-order valence-corrected chi connectivity index (χ2v) is 9.39. The molecule has 0 amide bonds. The van der Waals surface area contributed by atoms with Crippen LogP contribution in [0.2, 0.25) is 0 Å². The molecule has 1 saturated carbocycles. The summed E-state index contributed by atoms with van der Waals surface area (Å²) in [5.74, 6) is -1.06. The second kappa shape index (κ2) is 6.74. The van der Waals surface area contributed by atoms with Gasteiger partial charge in [0.05, 0.1) is 11.5 Å². The molecule has 1 aliphatic carbocycles. The van der Waals surface area contributed by atoms with E-state index in [0.717, 1.165) is 6.26 Å². The molecule has 28 heavy (non-hydrogen) atoms. The number of hydrogen-bond acceptors (Lipinski definition) is 5. The van der Waals surface area contributed by atoms with Gasteiger partial charge in [-0.1, -0.05) is 12.1 Å². The van der Waals surface area contributed by atoms with Crippen LogP contribution in [0.4, 0.5) is 8.78 Å². The Hall–Kier alpha value is -2.66. The van der Waals surface area contributed by atoms with Crippen molar-refractivity contribution in [1.82, 2.24) is 4.90 Å². The molecule has 1 heterocycles. The number of nitriles is 1. The number of rotatable bonds is 5. The molecule has 1 aliphatic heterocycles. The van der Waals surface area contributed by atoms with Crippen LogP contribution in [0.3, 0.4) is 0 Å². The van der Waals surface area contributed by atoms with Crippen molar-refractivity contribution in [3.05, 3.63) is 48.0 Å². The van der Waals surface area contributed by atoms with Gasteiger partial charge in [-0.2, -0.15) is 5.26 Å². The van der Waals surface area contributed by atoms with Gasteiger partial charge in [0.25, 0.3) is 0 Å². The topological polar surface area (TPSA) is 70.4 Å². The number of hydrogen-bond donors (Lipinski definition) is 0. The minimum Gasteiger partial charge on any atom is -0.487 e. The summed E-state index contributed by atoms with van der Waals surface area (Å²) < 4.78 is 57.3. The van der Waals surface area contributed by atoms with E-state index in [9.17, 15) is 17.2 Å². The SMILES string of the molecule is CS(=O)(=O)c1ccc(-c2cc(F)c(OCC3C4CN(C#N)C[C@H]34)c(F)c2)cc1. The van der Waals surface area contributed by atoms with E-state index in [1.165, 1.54) is 36.4 Å². The van der Waals surface area contributed by atoms with Gasteiger partial charge >= 0.3 is 0 Å². The molecule has 2 aromatic carbocycles. The summed E-state index contributed by atoms with van der Waals surface area (Å²) in [6.45, 7) is 1.59. The van der Waals surface area contributed by atoms with Gasteiger partial charge in [-0.05, 0) is 47.2 Å². The third-order valence-electron chi connectivity index (χ3n) is 5.55. The lowest BCUT2D eigenvalue weighted by molar-refractivity contribution is 0.243. The first kappa shape index (κ1) is 18.7. The lowest BCUT2D eigenvalue weighted by Gasteiger charge is -2.14. The van der Waals surface area contributed by atoms with Gasteiger partial charge in [0.15, 0.2) is 33.4 Å². The molecule has 3 atom stereocenters. The maximum atomic E-state index is 14.4. The molecule has 2 unspecified atom stereocenters. The van der Waals surface area contributed by atoms with Crippen LogP contribution in [0.25, 0.3) is 11.1 Å². The van der Waals surface area contributed by atoms with Crippen molar-refractivity contribution in [2.45, 2.75) is 4.90 Å². The predicted molar refractivity (Wildman–Crippen MR) is 98.1 cm³/mol. The Morgan fingerprint density at radius 1 is 1.11 bits per heavy atom. The summed E-state index contributed by atoms with van der Waals surface area (Å²) in [4.78, 5) is 1.83. The number of benzene rings is 2. The fourth-order valence-electron chi connectivity index (χ4n) is 3.92. The maximum Gasteiger partial charge on any atom is 0.190 e. The molecule has 0 radical (unpaired) electrons. The van der Waals surface area contributed by atoms with E-state index < -0.39 is 27.2 Å². The van der Waals surface area contributed by atoms with Crippen LogP contribution in [0.1, 0.15) is 0 Å². The average molecular weight is 404 g/mol. The highest BCUT2D eigenvalue weighted by atomic mass is 32.2. The predicted octanol–water partition coefficient (Wildman–Crippen LogP) is 3.07. The van der Waals surface area contributed by atoms with E-state index in [-0.39, 0.29) is 17.4 Å². The number of likely N-dealkylation sites (tertiary alicyclic amines) is 1. The van der Waals surface area contributed by atoms with Crippen molar-refractivity contribution < 1.29 is 21.9 Å². The smallest absolute Gasteiger partial charge is 0.190 e. The van der Waals surface area contributed by atoms with Crippen LogP contribution >= 0.6 is 0 Å². The van der Waals surface area contributed by atoms with Crippen molar-refractivity contribution >= 4 is 9.84 Å². The van der Waals surface area contributed by atoms with Crippen molar-refractivity contribution in [3.8, 4) is 23.1 Å². The molecule has 0 aromatic heterocycles. The molecule has 1 saturated heterocycles. The monoisotopic (exact) mass is 404 g/mol. The van der Waals surface area contributed by atoms with Gasteiger partial charge in [-0.15, -0.1) is 0 Å². The van der Waals surface area contributed by atoms with Gasteiger partial charge in [0, 0.05) is 25.3 Å². The molecule has 5 nitrogen and oxygen atoms in total. The number of sulfone groups is 1. The molecule has 4 rings (SSSR count). The molecule has 8 heteroatoms. The quantitative estimate of drug-likeness (QED) is 0.717. The van der Waals surface area contributed by atoms with Crippen molar-refractivity contribution in [2.24, 2.45) is 17.8 Å². The van der Waals surface area contributed by atoms with Crippen LogP contribution in [-0.4, -0.2) is 39.3 Å². The van der Waals surface area contributed by atoms with Crippen molar-refractivity contribution in [1.29, 1.82) is 5.26 Å². The highest BCUT2D eigenvalue weighted by Gasteiger charge is 2.56. The Labute approximate surface area is 162 Å². The third kappa shape index (κ3) is 3.42. The normalized spacial score (nSPS) is 23.2. The second-order valence-electron chi connectivity index (χ2n) is 7.37. The van der Waals surface area contributed by atoms with E-state index in [0.29, 0.717) is 36.1 Å². The summed E-state index contributed by atoms with van der Waals surface area (Å²) in [5, 5.41) is 8.86. The minimum atomic E-state index is -3.34. The largest absolute Gasteiger partial charge is 0.487 e. The molecule has 0 bridgehead atoms. The number of fused-ring (bicyclic) bond motifs is 1. The minimum absolute atomic E-state index is 0.141. The van der Waals surface area contributed by atoms with Crippen LogP contribution in [-0.2, 0) is 9.84 Å². The molecule has 2 aliphatic rings. The lowest BCUT2D eigenvalue weighted by Crippen LogP contribution is -2.20. The first-order chi connectivity index (χ1) is 13.3. The Morgan fingerprint density at radius 2 is 1.68 bits per heavy atom. The summed E-state index contributed by atoms with van der Waals surface area (Å²) in [6.07, 6.45) is 3.21. The maximum absolute atomic E-state index is 14.4. The van der Waals surface area contributed by atoms with Gasteiger partial charge in [0.2, 0.25) is 0 Å². The molecular formula is C20H18F2N2O3S. The van der Waals surface area contributed by atoms with E-state index in [1.807, 2.05) is 0 Å². The number of halogens is 2. The Kier molecular flexibility index (Phi) is 4.50. The third-order valence-corrected chi connectivity index (χ3v) is 6.68. The summed E-state index contributed by atoms with van der Waals surface area (Å²) in [5.41, 5.74) is 0.806. The number of nitrogens with zero attached hydrogens (tertiary/aromatic N) is 2. The molecule has 146 valence electrons. The van der Waals surface area contributed by atoms with Crippen LogP contribution in [0.5, 0.6) is 5.75 Å². The molecule has 2 aromatic rings. The zero-order chi connectivity index (χ0) is 20.1. The first-order valence-corrected chi connectivity index (χ1v) is 10.7. The Balaban J connectivity index is 1.46. The van der Waals surface area contributed by atoms with Crippen molar-refractivity contribution in [3.63, 3.8) is 0 Å². The first-order valence-electron chi connectivity index (χ1n) is 8.85. The van der Waals surface area contributed by atoms with E-state index in [1.54, 1.807) is 4.90 Å². The standard InChI is InChI=1S/C20H18F2N2O3S/c1-28(25,26)14-4-2-12(3-5-14)13-6-18(21)20(19(22)7-13)27-10-17-15-8-24(11-23)9-16(15)17/h2-7,15-17H,8-10H2,1H3/t15-,16?,17?/m0/s1. The molecule has 0 spiro atoms. The zero-order valence-corrected chi connectivity index (χ0v) is 15.9. The summed E-state index contributed by atoms with van der Waals surface area (Å²) in [7, 11) is -3.34. The average Bonchev–Trinajstić information content (AvgIpc) is 3.10. The molecule has 2 fully saturated rings. The van der Waals surface area contributed by atoms with Gasteiger partial charge < -0.3 is 9.64 Å². The van der Waals surface area contributed by atoms with E-state index in [4.69, 9.17) is 10.00 Å². The summed E-state index contributed by atoms with van der Waals surface area (Å²) >= 11 is 0. The Morgan fingerprint density at radius 3 is 2.18 bits per heavy atom. The van der Waals surface area contributed by atoms with Gasteiger partial charge in [-0.25, -0.2) is 17.2 Å². The zero-order valence-electron chi connectivity index (χ0n) is 15.1. The van der Waals surface area contributed by atoms with E-state index in [2.05, 4.69) is 6.19 Å². The molecule has 0 N–H and O–H groups in total. The van der Waals surface area contributed by atoms with Gasteiger partial charge in [-0.3, -0.25) is 0 Å². The van der Waals surface area contributed by atoms with E-state index >= 15 is 0 Å². The number of ether oxygens (including phenoxy) is 1. The summed E-state index contributed by atoms with van der Waals surface area (Å²) in [6, 6.07) is 8.19.